The molecular weight excluding hydrogens is 176 g/mol. The molecule has 1 aromatic carbocycles. The molecule has 0 fully saturated rings. The van der Waals surface area contributed by atoms with Crippen LogP contribution in [0.2, 0.25) is 5.02 Å². The zero-order valence-corrected chi connectivity index (χ0v) is 7.68. The first kappa shape index (κ1) is 9.07. The highest BCUT2D eigenvalue weighted by atomic mass is 35.5. The lowest BCUT2D eigenvalue weighted by molar-refractivity contribution is -0.131. The lowest BCUT2D eigenvalue weighted by Crippen LogP contribution is -2.02. The van der Waals surface area contributed by atoms with Crippen molar-refractivity contribution in [2.24, 2.45) is 0 Å². The zero-order valence-electron chi connectivity index (χ0n) is 6.93. The average molecular weight is 185 g/mol. The van der Waals surface area contributed by atoms with Crippen LogP contribution >= 0.6 is 11.6 Å². The number of hydrogen-bond donors (Lipinski definition) is 0. The molecule has 0 aromatic heterocycles. The second kappa shape index (κ2) is 3.59. The van der Waals surface area contributed by atoms with E-state index in [0.717, 1.165) is 5.56 Å². The molecular formula is C9H9ClO2. The molecule has 0 bridgehead atoms. The molecule has 1 aromatic rings. The summed E-state index contributed by atoms with van der Waals surface area (Å²) in [5.74, 6) is 0.190. The van der Waals surface area contributed by atoms with Gasteiger partial charge in [-0.3, -0.25) is 4.79 Å². The molecule has 12 heavy (non-hydrogen) atoms. The van der Waals surface area contributed by atoms with Crippen LogP contribution in [0, 0.1) is 6.92 Å². The van der Waals surface area contributed by atoms with Crippen LogP contribution in [0.25, 0.3) is 0 Å². The summed E-state index contributed by atoms with van der Waals surface area (Å²) < 4.78 is 4.90. The van der Waals surface area contributed by atoms with Crippen molar-refractivity contribution in [1.29, 1.82) is 0 Å². The molecule has 0 aliphatic carbocycles. The van der Waals surface area contributed by atoms with Crippen molar-refractivity contribution < 1.29 is 9.53 Å². The lowest BCUT2D eigenvalue weighted by atomic mass is 10.2. The van der Waals surface area contributed by atoms with Gasteiger partial charge in [0.05, 0.1) is 0 Å². The van der Waals surface area contributed by atoms with E-state index < -0.39 is 0 Å². The maximum absolute atomic E-state index is 10.6. The summed E-state index contributed by atoms with van der Waals surface area (Å²) in [5.41, 5.74) is 0.786. The second-order valence-corrected chi connectivity index (χ2v) is 2.86. The van der Waals surface area contributed by atoms with E-state index in [1.165, 1.54) is 6.92 Å². The largest absolute Gasteiger partial charge is 0.426 e. The lowest BCUT2D eigenvalue weighted by Gasteiger charge is -2.05. The van der Waals surface area contributed by atoms with Gasteiger partial charge in [-0.05, 0) is 19.1 Å². The van der Waals surface area contributed by atoms with E-state index in [1.807, 2.05) is 0 Å². The van der Waals surface area contributed by atoms with Crippen LogP contribution in [0.4, 0.5) is 0 Å². The minimum Gasteiger partial charge on any atom is -0.426 e. The highest BCUT2D eigenvalue weighted by Gasteiger charge is 2.04. The maximum atomic E-state index is 10.6. The fraction of sp³-hybridized carbons (Fsp3) is 0.222. The van der Waals surface area contributed by atoms with Crippen molar-refractivity contribution in [3.63, 3.8) is 0 Å². The van der Waals surface area contributed by atoms with E-state index in [9.17, 15) is 4.79 Å². The summed E-state index contributed by atoms with van der Waals surface area (Å²) in [6.45, 7) is 3.17. The number of carbonyl (C=O) groups is 1. The second-order valence-electron chi connectivity index (χ2n) is 2.46. The third-order valence-electron chi connectivity index (χ3n) is 1.47. The molecule has 1 rings (SSSR count). The van der Waals surface area contributed by atoms with Crippen LogP contribution < -0.4 is 4.74 Å². The van der Waals surface area contributed by atoms with Crippen LogP contribution in [0.5, 0.6) is 5.75 Å². The Kier molecular flexibility index (Phi) is 2.71. The Morgan fingerprint density at radius 1 is 1.50 bits per heavy atom. The molecule has 64 valence electrons. The fourth-order valence-electron chi connectivity index (χ4n) is 0.853. The minimum absolute atomic E-state index is 0.333. The Morgan fingerprint density at radius 3 is 2.75 bits per heavy atom. The number of benzene rings is 1. The zero-order chi connectivity index (χ0) is 9.14. The number of esters is 1. The van der Waals surface area contributed by atoms with Crippen molar-refractivity contribution >= 4 is 17.6 Å². The predicted molar refractivity (Wildman–Crippen MR) is 47.5 cm³/mol. The van der Waals surface area contributed by atoms with Gasteiger partial charge in [0.2, 0.25) is 0 Å². The van der Waals surface area contributed by atoms with E-state index in [1.54, 1.807) is 25.1 Å². The molecule has 0 aliphatic heterocycles. The van der Waals surface area contributed by atoms with Gasteiger partial charge in [-0.25, -0.2) is 0 Å². The first-order chi connectivity index (χ1) is 5.61. The summed E-state index contributed by atoms with van der Waals surface area (Å²) in [6, 6.07) is 5.21. The maximum Gasteiger partial charge on any atom is 0.308 e. The summed E-state index contributed by atoms with van der Waals surface area (Å²) in [4.78, 5) is 10.6. The van der Waals surface area contributed by atoms with E-state index in [4.69, 9.17) is 16.3 Å². The van der Waals surface area contributed by atoms with Crippen LogP contribution in [0.15, 0.2) is 18.2 Å². The van der Waals surface area contributed by atoms with E-state index in [0.29, 0.717) is 10.8 Å². The van der Waals surface area contributed by atoms with Crippen molar-refractivity contribution in [1.82, 2.24) is 0 Å². The smallest absolute Gasteiger partial charge is 0.308 e. The molecule has 0 N–H and O–H groups in total. The summed E-state index contributed by atoms with van der Waals surface area (Å²) >= 11 is 5.81. The summed E-state index contributed by atoms with van der Waals surface area (Å²) in [6.07, 6.45) is 0. The highest BCUT2D eigenvalue weighted by molar-refractivity contribution is 6.31. The molecule has 0 spiro atoms. The molecule has 0 saturated heterocycles. The number of halogens is 1. The van der Waals surface area contributed by atoms with Crippen LogP contribution in [-0.2, 0) is 4.79 Å². The van der Waals surface area contributed by atoms with Gasteiger partial charge in [-0.15, -0.1) is 0 Å². The molecule has 0 atom stereocenters. The molecule has 2 nitrogen and oxygen atoms in total. The van der Waals surface area contributed by atoms with Gasteiger partial charge >= 0.3 is 5.97 Å². The van der Waals surface area contributed by atoms with Crippen LogP contribution in [-0.4, -0.2) is 5.97 Å². The number of carbonyl (C=O) groups excluding carboxylic acids is 1. The van der Waals surface area contributed by atoms with Crippen molar-refractivity contribution in [3.8, 4) is 5.75 Å². The van der Waals surface area contributed by atoms with Gasteiger partial charge in [0, 0.05) is 17.5 Å². The Morgan fingerprint density at radius 2 is 2.17 bits per heavy atom. The van der Waals surface area contributed by atoms with Crippen LogP contribution in [0.3, 0.4) is 0 Å². The van der Waals surface area contributed by atoms with Crippen molar-refractivity contribution in [3.05, 3.63) is 28.8 Å². The number of rotatable bonds is 1. The highest BCUT2D eigenvalue weighted by Crippen LogP contribution is 2.24. The SMILES string of the molecule is CC(=O)Oc1cccc(Cl)c1C. The Balaban J connectivity index is 3.00. The molecule has 0 aliphatic rings. The molecule has 0 amide bonds. The summed E-state index contributed by atoms with van der Waals surface area (Å²) in [7, 11) is 0. The predicted octanol–water partition coefficient (Wildman–Crippen LogP) is 2.57. The van der Waals surface area contributed by atoms with Crippen LogP contribution in [0.1, 0.15) is 12.5 Å². The summed E-state index contributed by atoms with van der Waals surface area (Å²) in [5, 5.41) is 0.605. The number of hydrogen-bond acceptors (Lipinski definition) is 2. The Hall–Kier alpha value is -1.02. The average Bonchev–Trinajstić information content (AvgIpc) is 1.98. The minimum atomic E-state index is -0.333. The molecule has 3 heteroatoms. The van der Waals surface area contributed by atoms with E-state index in [-0.39, 0.29) is 5.97 Å². The first-order valence-electron chi connectivity index (χ1n) is 3.55. The van der Waals surface area contributed by atoms with E-state index >= 15 is 0 Å². The standard InChI is InChI=1S/C9H9ClO2/c1-6-8(10)4-3-5-9(6)12-7(2)11/h3-5H,1-2H3. The van der Waals surface area contributed by atoms with Gasteiger partial charge in [0.25, 0.3) is 0 Å². The van der Waals surface area contributed by atoms with Crippen molar-refractivity contribution in [2.75, 3.05) is 0 Å². The molecule has 0 saturated carbocycles. The van der Waals surface area contributed by atoms with Crippen molar-refractivity contribution in [2.45, 2.75) is 13.8 Å². The third-order valence-corrected chi connectivity index (χ3v) is 1.88. The normalized spacial score (nSPS) is 9.58. The fourth-order valence-corrected chi connectivity index (χ4v) is 1.02. The van der Waals surface area contributed by atoms with Gasteiger partial charge in [-0.1, -0.05) is 17.7 Å². The van der Waals surface area contributed by atoms with Gasteiger partial charge in [-0.2, -0.15) is 0 Å². The van der Waals surface area contributed by atoms with Gasteiger partial charge in [0.15, 0.2) is 0 Å². The first-order valence-corrected chi connectivity index (χ1v) is 3.92. The monoisotopic (exact) mass is 184 g/mol. The van der Waals surface area contributed by atoms with Gasteiger partial charge < -0.3 is 4.74 Å². The van der Waals surface area contributed by atoms with Gasteiger partial charge in [0.1, 0.15) is 5.75 Å². The molecule has 0 radical (unpaired) electrons. The third kappa shape index (κ3) is 1.98. The Bertz CT molecular complexity index is 307. The topological polar surface area (TPSA) is 26.3 Å². The molecule has 0 heterocycles. The molecule has 0 unspecified atom stereocenters. The number of ether oxygens (including phenoxy) is 1. The van der Waals surface area contributed by atoms with E-state index in [2.05, 4.69) is 0 Å². The Labute approximate surface area is 76.1 Å². The quantitative estimate of drug-likeness (QED) is 0.495.